The van der Waals surface area contributed by atoms with Crippen LogP contribution in [0.2, 0.25) is 0 Å². The molecular weight excluding hydrogens is 463 g/mol. The van der Waals surface area contributed by atoms with Gasteiger partial charge in [-0.3, -0.25) is 0 Å². The molecule has 0 unspecified atom stereocenters. The number of rotatable bonds is 5. The van der Waals surface area contributed by atoms with Gasteiger partial charge in [-0.05, 0) is 66.8 Å². The van der Waals surface area contributed by atoms with E-state index >= 15 is 0 Å². The van der Waals surface area contributed by atoms with Crippen LogP contribution in [0.4, 0.5) is 4.39 Å². The van der Waals surface area contributed by atoms with E-state index in [1.54, 1.807) is 30.5 Å². The lowest BCUT2D eigenvalue weighted by molar-refractivity contribution is 0.332. The van der Waals surface area contributed by atoms with Gasteiger partial charge >= 0.3 is 0 Å². The molecule has 1 fully saturated rings. The number of oxazole rings is 1. The molecule has 5 aromatic rings. The van der Waals surface area contributed by atoms with Crippen LogP contribution in [0.3, 0.4) is 0 Å². The van der Waals surface area contributed by atoms with Crippen molar-refractivity contribution >= 4 is 32.0 Å². The SMILES string of the molecule is O=S(=O)(c1ccccc1)n1cc(-c2ccc3nc(CC4CCCCC4)oc3c2)c2ccc(F)cc21. The van der Waals surface area contributed by atoms with Crippen LogP contribution in [-0.2, 0) is 16.4 Å². The van der Waals surface area contributed by atoms with Crippen molar-refractivity contribution in [2.24, 2.45) is 5.92 Å². The summed E-state index contributed by atoms with van der Waals surface area (Å²) in [4.78, 5) is 4.83. The van der Waals surface area contributed by atoms with Crippen molar-refractivity contribution < 1.29 is 17.2 Å². The third-order valence-corrected chi connectivity index (χ3v) is 8.65. The van der Waals surface area contributed by atoms with Gasteiger partial charge in [-0.15, -0.1) is 0 Å². The monoisotopic (exact) mass is 488 g/mol. The molecule has 6 rings (SSSR count). The van der Waals surface area contributed by atoms with Gasteiger partial charge in [0.25, 0.3) is 10.0 Å². The molecule has 0 N–H and O–H groups in total. The Balaban J connectivity index is 1.44. The Morgan fingerprint density at radius 1 is 0.971 bits per heavy atom. The minimum atomic E-state index is -3.91. The first-order valence-electron chi connectivity index (χ1n) is 12.0. The van der Waals surface area contributed by atoms with Crippen molar-refractivity contribution in [1.82, 2.24) is 8.96 Å². The molecule has 2 aromatic heterocycles. The van der Waals surface area contributed by atoms with E-state index in [9.17, 15) is 12.8 Å². The van der Waals surface area contributed by atoms with Crippen molar-refractivity contribution in [3.8, 4) is 11.1 Å². The minimum Gasteiger partial charge on any atom is -0.441 e. The Labute approximate surface area is 203 Å². The van der Waals surface area contributed by atoms with Crippen LogP contribution < -0.4 is 0 Å². The molecule has 7 heteroatoms. The zero-order chi connectivity index (χ0) is 24.0. The third-order valence-electron chi connectivity index (χ3n) is 6.97. The number of halogens is 1. The first-order valence-corrected chi connectivity index (χ1v) is 13.4. The topological polar surface area (TPSA) is 65.1 Å². The molecule has 2 heterocycles. The minimum absolute atomic E-state index is 0.144. The number of benzene rings is 3. The van der Waals surface area contributed by atoms with Crippen LogP contribution in [0.1, 0.15) is 38.0 Å². The lowest BCUT2D eigenvalue weighted by atomic mass is 9.87. The molecular formula is C28H25FN2O3S. The fourth-order valence-electron chi connectivity index (χ4n) is 5.17. The summed E-state index contributed by atoms with van der Waals surface area (Å²) in [6.07, 6.45) is 8.69. The van der Waals surface area contributed by atoms with Crippen molar-refractivity contribution in [2.75, 3.05) is 0 Å². The van der Waals surface area contributed by atoms with E-state index in [0.29, 0.717) is 28.0 Å². The summed E-state index contributed by atoms with van der Waals surface area (Å²) in [5, 5.41) is 0.646. The second-order valence-corrected chi connectivity index (χ2v) is 11.1. The van der Waals surface area contributed by atoms with E-state index in [1.807, 2.05) is 18.2 Å². The first-order chi connectivity index (χ1) is 17.0. The van der Waals surface area contributed by atoms with Crippen molar-refractivity contribution in [1.29, 1.82) is 0 Å². The smallest absolute Gasteiger partial charge is 0.268 e. The summed E-state index contributed by atoms with van der Waals surface area (Å²) in [7, 11) is -3.91. The Kier molecular flexibility index (Phi) is 5.44. The van der Waals surface area contributed by atoms with Crippen molar-refractivity contribution in [3.05, 3.63) is 84.6 Å². The predicted octanol–water partition coefficient (Wildman–Crippen LogP) is 6.95. The first kappa shape index (κ1) is 22.0. The second kappa shape index (κ2) is 8.64. The molecule has 0 saturated heterocycles. The lowest BCUT2D eigenvalue weighted by Gasteiger charge is -2.19. The van der Waals surface area contributed by atoms with Crippen LogP contribution in [0, 0.1) is 11.7 Å². The highest BCUT2D eigenvalue weighted by atomic mass is 32.2. The van der Waals surface area contributed by atoms with Crippen LogP contribution in [0.25, 0.3) is 33.1 Å². The second-order valence-electron chi connectivity index (χ2n) is 9.32. The number of aromatic nitrogens is 2. The van der Waals surface area contributed by atoms with E-state index < -0.39 is 15.8 Å². The van der Waals surface area contributed by atoms with E-state index in [-0.39, 0.29) is 4.90 Å². The van der Waals surface area contributed by atoms with Gasteiger partial charge in [-0.2, -0.15) is 0 Å². The molecule has 0 spiro atoms. The number of fused-ring (bicyclic) bond motifs is 2. The van der Waals surface area contributed by atoms with Crippen LogP contribution >= 0.6 is 0 Å². The molecule has 178 valence electrons. The summed E-state index contributed by atoms with van der Waals surface area (Å²) in [5.41, 5.74) is 3.22. The van der Waals surface area contributed by atoms with Crippen LogP contribution in [0.5, 0.6) is 0 Å². The summed E-state index contributed by atoms with van der Waals surface area (Å²) in [5.74, 6) is 0.872. The summed E-state index contributed by atoms with van der Waals surface area (Å²) >= 11 is 0. The molecule has 1 aliphatic rings. The molecule has 35 heavy (non-hydrogen) atoms. The molecule has 0 bridgehead atoms. The number of nitrogens with zero attached hydrogens (tertiary/aromatic N) is 2. The summed E-state index contributed by atoms with van der Waals surface area (Å²) in [6, 6.07) is 18.1. The van der Waals surface area contributed by atoms with Gasteiger partial charge in [0.1, 0.15) is 11.3 Å². The standard InChI is InChI=1S/C28H25FN2O3S/c29-21-12-13-23-24(18-31(26(23)17-21)35(32,33)22-9-5-2-6-10-22)20-11-14-25-27(16-20)34-28(30-25)15-19-7-3-1-4-8-19/h2,5-6,9-14,16-19H,1,3-4,7-8,15H2. The highest BCUT2D eigenvalue weighted by molar-refractivity contribution is 7.90. The number of hydrogen-bond acceptors (Lipinski definition) is 4. The number of hydrogen-bond donors (Lipinski definition) is 0. The largest absolute Gasteiger partial charge is 0.441 e. The maximum absolute atomic E-state index is 14.2. The highest BCUT2D eigenvalue weighted by Crippen LogP contribution is 2.35. The van der Waals surface area contributed by atoms with E-state index in [0.717, 1.165) is 27.4 Å². The lowest BCUT2D eigenvalue weighted by Crippen LogP contribution is -2.11. The van der Waals surface area contributed by atoms with Gasteiger partial charge in [0.15, 0.2) is 11.5 Å². The van der Waals surface area contributed by atoms with E-state index in [2.05, 4.69) is 4.98 Å². The Hall–Kier alpha value is -3.45. The molecule has 0 atom stereocenters. The van der Waals surface area contributed by atoms with Crippen LogP contribution in [-0.4, -0.2) is 17.4 Å². The Morgan fingerprint density at radius 3 is 2.57 bits per heavy atom. The van der Waals surface area contributed by atoms with E-state index in [4.69, 9.17) is 4.42 Å². The molecule has 0 aliphatic heterocycles. The van der Waals surface area contributed by atoms with Crippen molar-refractivity contribution in [2.45, 2.75) is 43.4 Å². The van der Waals surface area contributed by atoms with Gasteiger partial charge in [0.05, 0.1) is 10.4 Å². The van der Waals surface area contributed by atoms with Crippen molar-refractivity contribution in [3.63, 3.8) is 0 Å². The molecule has 0 radical (unpaired) electrons. The average Bonchev–Trinajstić information content (AvgIpc) is 3.45. The van der Waals surface area contributed by atoms with Crippen LogP contribution in [0.15, 0.2) is 82.2 Å². The molecule has 5 nitrogen and oxygen atoms in total. The fourth-order valence-corrected chi connectivity index (χ4v) is 6.55. The molecule has 1 saturated carbocycles. The maximum Gasteiger partial charge on any atom is 0.268 e. The Morgan fingerprint density at radius 2 is 1.77 bits per heavy atom. The zero-order valence-corrected chi connectivity index (χ0v) is 20.0. The molecule has 0 amide bonds. The molecule has 3 aromatic carbocycles. The normalized spacial score (nSPS) is 15.2. The third kappa shape index (κ3) is 4.04. The van der Waals surface area contributed by atoms with Gasteiger partial charge in [0, 0.05) is 23.6 Å². The Bertz CT molecular complexity index is 1630. The fraction of sp³-hybridized carbons (Fsp3) is 0.250. The summed E-state index contributed by atoms with van der Waals surface area (Å²) < 4.78 is 48.3. The predicted molar refractivity (Wildman–Crippen MR) is 134 cm³/mol. The van der Waals surface area contributed by atoms with Gasteiger partial charge in [-0.25, -0.2) is 21.8 Å². The van der Waals surface area contributed by atoms with E-state index in [1.165, 1.54) is 56.4 Å². The van der Waals surface area contributed by atoms with Gasteiger partial charge in [-0.1, -0.05) is 43.5 Å². The molecule has 1 aliphatic carbocycles. The summed E-state index contributed by atoms with van der Waals surface area (Å²) in [6.45, 7) is 0. The average molecular weight is 489 g/mol. The van der Waals surface area contributed by atoms with Gasteiger partial charge < -0.3 is 4.42 Å². The quantitative estimate of drug-likeness (QED) is 0.269. The highest BCUT2D eigenvalue weighted by Gasteiger charge is 2.23. The zero-order valence-electron chi connectivity index (χ0n) is 19.2. The van der Waals surface area contributed by atoms with Gasteiger partial charge in [0.2, 0.25) is 0 Å². The maximum atomic E-state index is 14.2.